The lowest BCUT2D eigenvalue weighted by Gasteiger charge is -2.30. The summed E-state index contributed by atoms with van der Waals surface area (Å²) in [5.74, 6) is -0.339. The molecule has 0 heterocycles. The quantitative estimate of drug-likeness (QED) is 0.580. The second kappa shape index (κ2) is 8.67. The number of thiocarbonyl (C=S) groups is 1. The minimum absolute atomic E-state index is 0.0411. The monoisotopic (exact) mass is 339 g/mol. The molecule has 2 atom stereocenters. The Morgan fingerprint density at radius 2 is 2.04 bits per heavy atom. The Bertz CT molecular complexity index is 556. The van der Waals surface area contributed by atoms with Crippen LogP contribution in [0.25, 0.3) is 0 Å². The molecule has 7 heteroatoms. The third kappa shape index (κ3) is 5.67. The maximum atomic E-state index is 13.3. The molecule has 0 aliphatic heterocycles. The number of hydrogen-bond donors (Lipinski definition) is 3. The highest BCUT2D eigenvalue weighted by Gasteiger charge is 2.21. The number of carbonyl (C=O) groups excluding carboxylic acids is 1. The number of hydrazine groups is 1. The van der Waals surface area contributed by atoms with Crippen molar-refractivity contribution in [2.45, 2.75) is 38.6 Å². The SMILES string of the molecule is C[C@H]1CCCC[C@H]1NC(=S)NNC(=O)COc1ccccc1F. The summed E-state index contributed by atoms with van der Waals surface area (Å²) in [7, 11) is 0. The molecule has 3 N–H and O–H groups in total. The Morgan fingerprint density at radius 1 is 1.30 bits per heavy atom. The summed E-state index contributed by atoms with van der Waals surface area (Å²) < 4.78 is 18.5. The van der Waals surface area contributed by atoms with E-state index in [9.17, 15) is 9.18 Å². The summed E-state index contributed by atoms with van der Waals surface area (Å²) >= 11 is 5.17. The van der Waals surface area contributed by atoms with E-state index < -0.39 is 11.7 Å². The molecule has 126 valence electrons. The fourth-order valence-electron chi connectivity index (χ4n) is 2.60. The number of para-hydroxylation sites is 1. The maximum absolute atomic E-state index is 13.3. The molecule has 1 aliphatic rings. The molecule has 2 rings (SSSR count). The predicted octanol–water partition coefficient (Wildman–Crippen LogP) is 2.28. The molecule has 0 unspecified atom stereocenters. The van der Waals surface area contributed by atoms with E-state index in [0.29, 0.717) is 17.1 Å². The molecule has 1 aromatic rings. The minimum Gasteiger partial charge on any atom is -0.481 e. The first-order valence-electron chi connectivity index (χ1n) is 7.79. The fourth-order valence-corrected chi connectivity index (χ4v) is 2.81. The van der Waals surface area contributed by atoms with Gasteiger partial charge in [-0.05, 0) is 43.1 Å². The highest BCUT2D eigenvalue weighted by Crippen LogP contribution is 2.23. The van der Waals surface area contributed by atoms with Crippen LogP contribution in [0.5, 0.6) is 5.75 Å². The number of nitrogens with one attached hydrogen (secondary N) is 3. The topological polar surface area (TPSA) is 62.4 Å². The normalized spacial score (nSPS) is 20.4. The van der Waals surface area contributed by atoms with Crippen molar-refractivity contribution >= 4 is 23.2 Å². The second-order valence-electron chi connectivity index (χ2n) is 5.73. The van der Waals surface area contributed by atoms with E-state index in [2.05, 4.69) is 23.1 Å². The lowest BCUT2D eigenvalue weighted by molar-refractivity contribution is -0.123. The Balaban J connectivity index is 1.67. The number of amides is 1. The molecule has 1 saturated carbocycles. The van der Waals surface area contributed by atoms with Gasteiger partial charge in [-0.25, -0.2) is 4.39 Å². The van der Waals surface area contributed by atoms with Crippen molar-refractivity contribution in [3.8, 4) is 5.75 Å². The van der Waals surface area contributed by atoms with Crippen LogP contribution in [-0.4, -0.2) is 23.7 Å². The number of carbonyl (C=O) groups is 1. The molecular weight excluding hydrogens is 317 g/mol. The van der Waals surface area contributed by atoms with Gasteiger partial charge in [-0.15, -0.1) is 0 Å². The molecule has 1 aromatic carbocycles. The van der Waals surface area contributed by atoms with Crippen LogP contribution < -0.4 is 20.9 Å². The molecule has 0 spiro atoms. The number of ether oxygens (including phenoxy) is 1. The Kier molecular flexibility index (Phi) is 6.58. The van der Waals surface area contributed by atoms with E-state index in [4.69, 9.17) is 17.0 Å². The standard InChI is InChI=1S/C16H22FN3O2S/c1-11-6-2-4-8-13(11)18-16(23)20-19-15(21)10-22-14-9-5-3-7-12(14)17/h3,5,7,9,11,13H,2,4,6,8,10H2,1H3,(H,19,21)(H2,18,20,23)/t11-,13+/m0/s1. The van der Waals surface area contributed by atoms with Crippen molar-refractivity contribution in [1.29, 1.82) is 0 Å². The zero-order valence-electron chi connectivity index (χ0n) is 13.1. The van der Waals surface area contributed by atoms with Crippen LogP contribution in [0.1, 0.15) is 32.6 Å². The van der Waals surface area contributed by atoms with Gasteiger partial charge in [-0.1, -0.05) is 31.9 Å². The molecule has 1 amide bonds. The van der Waals surface area contributed by atoms with Gasteiger partial charge in [0, 0.05) is 6.04 Å². The Morgan fingerprint density at radius 3 is 2.78 bits per heavy atom. The fraction of sp³-hybridized carbons (Fsp3) is 0.500. The highest BCUT2D eigenvalue weighted by atomic mass is 32.1. The number of halogens is 1. The summed E-state index contributed by atoms with van der Waals surface area (Å²) in [5, 5.41) is 3.59. The summed E-state index contributed by atoms with van der Waals surface area (Å²) in [6.07, 6.45) is 4.70. The zero-order chi connectivity index (χ0) is 16.7. The number of benzene rings is 1. The van der Waals surface area contributed by atoms with Gasteiger partial charge in [0.1, 0.15) is 0 Å². The van der Waals surface area contributed by atoms with Crippen molar-refractivity contribution in [3.63, 3.8) is 0 Å². The largest absolute Gasteiger partial charge is 0.481 e. The van der Waals surface area contributed by atoms with E-state index in [1.54, 1.807) is 12.1 Å². The van der Waals surface area contributed by atoms with Crippen LogP contribution in [0.2, 0.25) is 0 Å². The Labute approximate surface area is 140 Å². The van der Waals surface area contributed by atoms with Crippen LogP contribution in [0.4, 0.5) is 4.39 Å². The van der Waals surface area contributed by atoms with Gasteiger partial charge in [0.15, 0.2) is 23.3 Å². The average molecular weight is 339 g/mol. The molecule has 0 aromatic heterocycles. The highest BCUT2D eigenvalue weighted by molar-refractivity contribution is 7.80. The van der Waals surface area contributed by atoms with Gasteiger partial charge >= 0.3 is 0 Å². The summed E-state index contributed by atoms with van der Waals surface area (Å²) in [4.78, 5) is 11.7. The van der Waals surface area contributed by atoms with E-state index in [1.807, 2.05) is 0 Å². The van der Waals surface area contributed by atoms with E-state index in [1.165, 1.54) is 31.4 Å². The van der Waals surface area contributed by atoms with Gasteiger partial charge in [0.25, 0.3) is 5.91 Å². The molecule has 0 bridgehead atoms. The van der Waals surface area contributed by atoms with Crippen molar-refractivity contribution in [2.75, 3.05) is 6.61 Å². The van der Waals surface area contributed by atoms with Crippen LogP contribution in [0.3, 0.4) is 0 Å². The van der Waals surface area contributed by atoms with Crippen LogP contribution in [0.15, 0.2) is 24.3 Å². The third-order valence-corrected chi connectivity index (χ3v) is 4.16. The lowest BCUT2D eigenvalue weighted by Crippen LogP contribution is -2.52. The van der Waals surface area contributed by atoms with Crippen LogP contribution >= 0.6 is 12.2 Å². The van der Waals surface area contributed by atoms with Crippen molar-refractivity contribution < 1.29 is 13.9 Å². The molecule has 1 aliphatic carbocycles. The molecule has 5 nitrogen and oxygen atoms in total. The first-order valence-corrected chi connectivity index (χ1v) is 8.20. The van der Waals surface area contributed by atoms with Crippen LogP contribution in [-0.2, 0) is 4.79 Å². The van der Waals surface area contributed by atoms with E-state index in [0.717, 1.165) is 6.42 Å². The first-order chi connectivity index (χ1) is 11.1. The first kappa shape index (κ1) is 17.5. The van der Waals surface area contributed by atoms with Crippen molar-refractivity contribution in [3.05, 3.63) is 30.1 Å². The molecule has 0 radical (unpaired) electrons. The Hall–Kier alpha value is -1.89. The maximum Gasteiger partial charge on any atom is 0.276 e. The second-order valence-corrected chi connectivity index (χ2v) is 6.14. The average Bonchev–Trinajstić information content (AvgIpc) is 2.54. The summed E-state index contributed by atoms with van der Waals surface area (Å²) in [6.45, 7) is 1.90. The van der Waals surface area contributed by atoms with E-state index in [-0.39, 0.29) is 12.4 Å². The molecule has 0 saturated heterocycles. The molecule has 1 fully saturated rings. The minimum atomic E-state index is -0.503. The smallest absolute Gasteiger partial charge is 0.276 e. The summed E-state index contributed by atoms with van der Waals surface area (Å²) in [6, 6.07) is 6.26. The molecular formula is C16H22FN3O2S. The van der Waals surface area contributed by atoms with E-state index >= 15 is 0 Å². The van der Waals surface area contributed by atoms with Gasteiger partial charge in [-0.3, -0.25) is 15.6 Å². The van der Waals surface area contributed by atoms with Gasteiger partial charge < -0.3 is 10.1 Å². The number of rotatable bonds is 4. The zero-order valence-corrected chi connectivity index (χ0v) is 13.9. The number of hydrogen-bond acceptors (Lipinski definition) is 3. The van der Waals surface area contributed by atoms with Gasteiger partial charge in [0.05, 0.1) is 0 Å². The van der Waals surface area contributed by atoms with Crippen molar-refractivity contribution in [1.82, 2.24) is 16.2 Å². The molecule has 23 heavy (non-hydrogen) atoms. The predicted molar refractivity (Wildman–Crippen MR) is 90.3 cm³/mol. The lowest BCUT2D eigenvalue weighted by atomic mass is 9.86. The third-order valence-electron chi connectivity index (χ3n) is 3.94. The van der Waals surface area contributed by atoms with Gasteiger partial charge in [-0.2, -0.15) is 0 Å². The summed E-state index contributed by atoms with van der Waals surface area (Å²) in [5.41, 5.74) is 5.08. The van der Waals surface area contributed by atoms with Gasteiger partial charge in [0.2, 0.25) is 0 Å². The van der Waals surface area contributed by atoms with Crippen molar-refractivity contribution in [2.24, 2.45) is 5.92 Å². The van der Waals surface area contributed by atoms with Crippen LogP contribution in [0, 0.1) is 11.7 Å².